The maximum atomic E-state index is 13.7. The average Bonchev–Trinajstić information content (AvgIpc) is 3.23. The number of aryl methyl sites for hydroxylation is 3. The Morgan fingerprint density at radius 3 is 2.28 bits per heavy atom. The van der Waals surface area contributed by atoms with Crippen LogP contribution in [0.5, 0.6) is 5.75 Å². The molecule has 0 unspecified atom stereocenters. The van der Waals surface area contributed by atoms with Crippen molar-refractivity contribution in [2.45, 2.75) is 19.9 Å². The first-order chi connectivity index (χ1) is 17.3. The number of hydrogen-bond donors (Lipinski definition) is 2. The number of fused-ring (bicyclic) bond motifs is 5. The number of anilines is 1. The molecule has 1 atom stereocenters. The SMILES string of the molecule is Cc1ccc(-c2c3c(=O)n(C)c(=O)n(C)c3c3n2-c2ccccc2N[C@@H]3c2ccc(C)cc2O)cc1. The van der Waals surface area contributed by atoms with E-state index in [1.165, 1.54) is 11.6 Å². The lowest BCUT2D eigenvalue weighted by Crippen LogP contribution is -2.37. The second-order valence-corrected chi connectivity index (χ2v) is 9.52. The molecule has 2 N–H and O–H groups in total. The van der Waals surface area contributed by atoms with Gasteiger partial charge in [-0.05, 0) is 43.2 Å². The highest BCUT2D eigenvalue weighted by atomic mass is 16.3. The maximum Gasteiger partial charge on any atom is 0.331 e. The van der Waals surface area contributed by atoms with Gasteiger partial charge in [0.2, 0.25) is 0 Å². The quantitative estimate of drug-likeness (QED) is 0.391. The molecule has 5 aromatic rings. The lowest BCUT2D eigenvalue weighted by atomic mass is 9.97. The lowest BCUT2D eigenvalue weighted by Gasteiger charge is -2.31. The van der Waals surface area contributed by atoms with E-state index in [9.17, 15) is 14.7 Å². The van der Waals surface area contributed by atoms with E-state index < -0.39 is 11.7 Å². The van der Waals surface area contributed by atoms with Crippen LogP contribution in [0.1, 0.15) is 28.4 Å². The van der Waals surface area contributed by atoms with Crippen LogP contribution in [0.3, 0.4) is 0 Å². The summed E-state index contributed by atoms with van der Waals surface area (Å²) in [6.45, 7) is 3.95. The van der Waals surface area contributed by atoms with E-state index in [0.717, 1.165) is 44.0 Å². The van der Waals surface area contributed by atoms with Crippen molar-refractivity contribution in [2.24, 2.45) is 14.1 Å². The number of hydrogen-bond acceptors (Lipinski definition) is 4. The zero-order chi connectivity index (χ0) is 25.3. The van der Waals surface area contributed by atoms with Crippen molar-refractivity contribution in [1.82, 2.24) is 13.7 Å². The molecule has 3 heterocycles. The van der Waals surface area contributed by atoms with Gasteiger partial charge in [-0.25, -0.2) is 4.79 Å². The topological polar surface area (TPSA) is 81.2 Å². The largest absolute Gasteiger partial charge is 0.508 e. The Labute approximate surface area is 207 Å². The van der Waals surface area contributed by atoms with Crippen LogP contribution >= 0.6 is 0 Å². The van der Waals surface area contributed by atoms with E-state index in [1.807, 2.05) is 74.5 Å². The molecule has 0 fully saturated rings. The zero-order valence-corrected chi connectivity index (χ0v) is 20.5. The number of benzene rings is 3. The van der Waals surface area contributed by atoms with Gasteiger partial charge >= 0.3 is 5.69 Å². The standard InChI is InChI=1S/C29H26N4O3/c1-16-9-12-18(13-10-16)25-23-26(31(3)29(36)32(4)28(23)35)27-24(19-14-11-17(2)15-22(19)34)30-20-7-5-6-8-21(20)33(25)27/h5-15,24,30,34H,1-4H3/t24-/m1/s1. The molecule has 7 heteroatoms. The molecular weight excluding hydrogens is 452 g/mol. The molecule has 0 amide bonds. The Morgan fingerprint density at radius 1 is 0.861 bits per heavy atom. The van der Waals surface area contributed by atoms with E-state index in [2.05, 4.69) is 9.88 Å². The minimum absolute atomic E-state index is 0.151. The van der Waals surface area contributed by atoms with Crippen LogP contribution in [0.15, 0.2) is 76.3 Å². The van der Waals surface area contributed by atoms with Crippen LogP contribution in [0.4, 0.5) is 5.69 Å². The molecule has 36 heavy (non-hydrogen) atoms. The van der Waals surface area contributed by atoms with Crippen LogP contribution in [0.25, 0.3) is 27.8 Å². The summed E-state index contributed by atoms with van der Waals surface area (Å²) in [7, 11) is 3.20. The van der Waals surface area contributed by atoms with Crippen LogP contribution in [-0.2, 0) is 14.1 Å². The zero-order valence-electron chi connectivity index (χ0n) is 20.5. The normalized spacial score (nSPS) is 14.4. The van der Waals surface area contributed by atoms with Gasteiger partial charge in [-0.1, -0.05) is 54.1 Å². The van der Waals surface area contributed by atoms with Gasteiger partial charge in [0.05, 0.1) is 39.7 Å². The average molecular weight is 479 g/mol. The Bertz CT molecular complexity index is 1810. The van der Waals surface area contributed by atoms with Gasteiger partial charge in [0.1, 0.15) is 5.75 Å². The first-order valence-electron chi connectivity index (χ1n) is 11.8. The van der Waals surface area contributed by atoms with Gasteiger partial charge in [-0.15, -0.1) is 0 Å². The summed E-state index contributed by atoms with van der Waals surface area (Å²) in [4.78, 5) is 26.8. The van der Waals surface area contributed by atoms with Crippen LogP contribution in [0, 0.1) is 13.8 Å². The fourth-order valence-electron chi connectivity index (χ4n) is 5.33. The molecule has 3 aromatic carbocycles. The Balaban J connectivity index is 1.86. The molecular formula is C29H26N4O3. The van der Waals surface area contributed by atoms with Crippen LogP contribution in [0.2, 0.25) is 0 Å². The van der Waals surface area contributed by atoms with E-state index in [4.69, 9.17) is 0 Å². The summed E-state index contributed by atoms with van der Waals surface area (Å²) < 4.78 is 4.77. The van der Waals surface area contributed by atoms with Crippen molar-refractivity contribution in [3.8, 4) is 22.7 Å². The Hall–Kier alpha value is -4.52. The monoisotopic (exact) mass is 478 g/mol. The Morgan fingerprint density at radius 2 is 1.56 bits per heavy atom. The number of aromatic hydroxyl groups is 1. The summed E-state index contributed by atoms with van der Waals surface area (Å²) >= 11 is 0. The molecule has 0 aliphatic carbocycles. The molecule has 6 rings (SSSR count). The highest BCUT2D eigenvalue weighted by Gasteiger charge is 2.35. The maximum absolute atomic E-state index is 13.7. The van der Waals surface area contributed by atoms with Gasteiger partial charge in [-0.2, -0.15) is 0 Å². The van der Waals surface area contributed by atoms with E-state index >= 15 is 0 Å². The molecule has 0 bridgehead atoms. The third-order valence-electron chi connectivity index (χ3n) is 7.15. The van der Waals surface area contributed by atoms with Crippen LogP contribution in [-0.4, -0.2) is 18.8 Å². The highest BCUT2D eigenvalue weighted by molar-refractivity contribution is 5.99. The molecule has 0 saturated carbocycles. The van der Waals surface area contributed by atoms with Gasteiger partial charge in [0.25, 0.3) is 5.56 Å². The van der Waals surface area contributed by atoms with Crippen molar-refractivity contribution < 1.29 is 5.11 Å². The number of aromatic nitrogens is 3. The number of phenolic OH excluding ortho intramolecular Hbond substituents is 1. The molecule has 180 valence electrons. The molecule has 0 radical (unpaired) electrons. The van der Waals surface area contributed by atoms with Crippen molar-refractivity contribution >= 4 is 16.6 Å². The van der Waals surface area contributed by atoms with E-state index in [-0.39, 0.29) is 11.3 Å². The minimum atomic E-state index is -0.500. The van der Waals surface area contributed by atoms with Gasteiger partial charge in [-0.3, -0.25) is 13.9 Å². The summed E-state index contributed by atoms with van der Waals surface area (Å²) in [6, 6.07) is 21.0. The molecule has 2 aromatic heterocycles. The number of rotatable bonds is 2. The van der Waals surface area contributed by atoms with Gasteiger partial charge < -0.3 is 15.0 Å². The summed E-state index contributed by atoms with van der Waals surface area (Å²) in [5.41, 5.74) is 6.57. The van der Waals surface area contributed by atoms with Crippen molar-refractivity contribution in [3.05, 3.63) is 110 Å². The predicted molar refractivity (Wildman–Crippen MR) is 142 cm³/mol. The fourth-order valence-corrected chi connectivity index (χ4v) is 5.33. The first kappa shape index (κ1) is 22.0. The van der Waals surface area contributed by atoms with Crippen molar-refractivity contribution in [1.29, 1.82) is 0 Å². The number of nitrogens with zero attached hydrogens (tertiary/aromatic N) is 3. The highest BCUT2D eigenvalue weighted by Crippen LogP contribution is 2.46. The second-order valence-electron chi connectivity index (χ2n) is 9.52. The smallest absolute Gasteiger partial charge is 0.331 e. The predicted octanol–water partition coefficient (Wildman–Crippen LogP) is 4.53. The summed E-state index contributed by atoms with van der Waals surface area (Å²) in [6.07, 6.45) is 0. The molecule has 0 saturated heterocycles. The number of phenols is 1. The van der Waals surface area contributed by atoms with Crippen LogP contribution < -0.4 is 16.6 Å². The second kappa shape index (κ2) is 7.75. The molecule has 1 aliphatic rings. The molecule has 7 nitrogen and oxygen atoms in total. The fraction of sp³-hybridized carbons (Fsp3) is 0.172. The van der Waals surface area contributed by atoms with Crippen molar-refractivity contribution in [3.63, 3.8) is 0 Å². The van der Waals surface area contributed by atoms with Crippen molar-refractivity contribution in [2.75, 3.05) is 5.32 Å². The van der Waals surface area contributed by atoms with E-state index in [0.29, 0.717) is 16.5 Å². The molecule has 1 aliphatic heterocycles. The Kier molecular flexibility index (Phi) is 4.73. The summed E-state index contributed by atoms with van der Waals surface area (Å²) in [5.74, 6) is 0.151. The third-order valence-corrected chi connectivity index (χ3v) is 7.15. The van der Waals surface area contributed by atoms with E-state index in [1.54, 1.807) is 13.1 Å². The number of nitrogens with one attached hydrogen (secondary N) is 1. The van der Waals surface area contributed by atoms with Gasteiger partial charge in [0.15, 0.2) is 0 Å². The first-order valence-corrected chi connectivity index (χ1v) is 11.8. The lowest BCUT2D eigenvalue weighted by molar-refractivity contribution is 0.465. The van der Waals surface area contributed by atoms with Gasteiger partial charge in [0, 0.05) is 19.7 Å². The minimum Gasteiger partial charge on any atom is -0.508 e. The molecule has 0 spiro atoms. The summed E-state index contributed by atoms with van der Waals surface area (Å²) in [5, 5.41) is 15.0. The number of para-hydroxylation sites is 2. The third kappa shape index (κ3) is 2.99.